The van der Waals surface area contributed by atoms with Crippen LogP contribution in [0.25, 0.3) is 0 Å². The van der Waals surface area contributed by atoms with Crippen LogP contribution >= 0.6 is 0 Å². The molecule has 0 unspecified atom stereocenters. The van der Waals surface area contributed by atoms with E-state index in [0.717, 1.165) is 29.8 Å². The second kappa shape index (κ2) is 6.87. The van der Waals surface area contributed by atoms with E-state index in [1.165, 1.54) is 0 Å². The molecule has 20 heavy (non-hydrogen) atoms. The Hall–Kier alpha value is -2.13. The Labute approximate surface area is 120 Å². The van der Waals surface area contributed by atoms with Crippen molar-refractivity contribution < 1.29 is 4.79 Å². The number of rotatable bonds is 5. The second-order valence-corrected chi connectivity index (χ2v) is 4.71. The van der Waals surface area contributed by atoms with Crippen LogP contribution in [0.15, 0.2) is 54.6 Å². The standard InChI is InChI=1S/C17H20N2O/c1-18-13-12-14-8-6-7-11-16(14)17(20)19(2)15-9-4-3-5-10-15/h3-11,18H,12-13H2,1-2H3. The fourth-order valence-corrected chi connectivity index (χ4v) is 2.16. The molecule has 0 aliphatic heterocycles. The van der Waals surface area contributed by atoms with Crippen LogP contribution in [0.3, 0.4) is 0 Å². The minimum atomic E-state index is 0.0305. The summed E-state index contributed by atoms with van der Waals surface area (Å²) in [4.78, 5) is 14.3. The van der Waals surface area contributed by atoms with Gasteiger partial charge in [0.25, 0.3) is 5.91 Å². The van der Waals surface area contributed by atoms with Crippen LogP contribution in [0, 0.1) is 0 Å². The van der Waals surface area contributed by atoms with Crippen molar-refractivity contribution >= 4 is 11.6 Å². The molecule has 104 valence electrons. The van der Waals surface area contributed by atoms with Crippen LogP contribution in [0.5, 0.6) is 0 Å². The van der Waals surface area contributed by atoms with E-state index in [0.29, 0.717) is 0 Å². The van der Waals surface area contributed by atoms with Crippen molar-refractivity contribution in [1.29, 1.82) is 0 Å². The minimum absolute atomic E-state index is 0.0305. The molecule has 0 atom stereocenters. The topological polar surface area (TPSA) is 32.3 Å². The third-order valence-corrected chi connectivity index (χ3v) is 3.34. The first kappa shape index (κ1) is 14.3. The minimum Gasteiger partial charge on any atom is -0.319 e. The summed E-state index contributed by atoms with van der Waals surface area (Å²) in [6.07, 6.45) is 0.848. The highest BCUT2D eigenvalue weighted by atomic mass is 16.2. The normalized spacial score (nSPS) is 10.3. The number of likely N-dealkylation sites (N-methyl/N-ethyl adjacent to an activating group) is 1. The molecule has 0 radical (unpaired) electrons. The van der Waals surface area contributed by atoms with E-state index in [-0.39, 0.29) is 5.91 Å². The number of carbonyl (C=O) groups excluding carboxylic acids is 1. The lowest BCUT2D eigenvalue weighted by molar-refractivity contribution is 0.0992. The molecule has 3 nitrogen and oxygen atoms in total. The van der Waals surface area contributed by atoms with Crippen molar-refractivity contribution in [2.75, 3.05) is 25.5 Å². The number of nitrogens with zero attached hydrogens (tertiary/aromatic N) is 1. The quantitative estimate of drug-likeness (QED) is 0.904. The zero-order valence-electron chi connectivity index (χ0n) is 12.0. The Morgan fingerprint density at radius 3 is 2.40 bits per heavy atom. The first-order valence-corrected chi connectivity index (χ1v) is 6.79. The molecule has 1 amide bonds. The van der Waals surface area contributed by atoms with Gasteiger partial charge in [-0.15, -0.1) is 0 Å². The molecule has 2 aromatic carbocycles. The van der Waals surface area contributed by atoms with Crippen molar-refractivity contribution in [3.05, 3.63) is 65.7 Å². The Balaban J connectivity index is 2.25. The van der Waals surface area contributed by atoms with Crippen LogP contribution in [0.2, 0.25) is 0 Å². The van der Waals surface area contributed by atoms with Crippen molar-refractivity contribution in [3.8, 4) is 0 Å². The predicted molar refractivity (Wildman–Crippen MR) is 83.2 cm³/mol. The highest BCUT2D eigenvalue weighted by Gasteiger charge is 2.16. The second-order valence-electron chi connectivity index (χ2n) is 4.71. The lowest BCUT2D eigenvalue weighted by Crippen LogP contribution is -2.27. The van der Waals surface area contributed by atoms with Gasteiger partial charge in [-0.25, -0.2) is 0 Å². The first-order chi connectivity index (χ1) is 9.74. The molecule has 0 aliphatic rings. The maximum atomic E-state index is 12.6. The van der Waals surface area contributed by atoms with Gasteiger partial charge in [-0.05, 0) is 43.8 Å². The van der Waals surface area contributed by atoms with Gasteiger partial charge in [0.2, 0.25) is 0 Å². The van der Waals surface area contributed by atoms with Gasteiger partial charge in [0, 0.05) is 18.3 Å². The molecular formula is C17H20N2O. The molecule has 2 aromatic rings. The summed E-state index contributed by atoms with van der Waals surface area (Å²) in [5.41, 5.74) is 2.75. The molecule has 0 saturated heterocycles. The molecule has 0 bridgehead atoms. The van der Waals surface area contributed by atoms with Crippen molar-refractivity contribution in [1.82, 2.24) is 5.32 Å². The third kappa shape index (κ3) is 3.25. The predicted octanol–water partition coefficient (Wildman–Crippen LogP) is 2.73. The average molecular weight is 268 g/mol. The van der Waals surface area contributed by atoms with E-state index in [9.17, 15) is 4.79 Å². The number of hydrogen-bond donors (Lipinski definition) is 1. The Morgan fingerprint density at radius 2 is 1.70 bits per heavy atom. The third-order valence-electron chi connectivity index (χ3n) is 3.34. The average Bonchev–Trinajstić information content (AvgIpc) is 2.52. The van der Waals surface area contributed by atoms with Crippen LogP contribution in [0.1, 0.15) is 15.9 Å². The summed E-state index contributed by atoms with van der Waals surface area (Å²) >= 11 is 0. The van der Waals surface area contributed by atoms with E-state index in [1.807, 2.05) is 68.7 Å². The Morgan fingerprint density at radius 1 is 1.05 bits per heavy atom. The molecule has 0 aliphatic carbocycles. The molecule has 3 heteroatoms. The fourth-order valence-electron chi connectivity index (χ4n) is 2.16. The largest absolute Gasteiger partial charge is 0.319 e. The van der Waals surface area contributed by atoms with Gasteiger partial charge < -0.3 is 10.2 Å². The zero-order valence-corrected chi connectivity index (χ0v) is 12.0. The lowest BCUT2D eigenvalue weighted by Gasteiger charge is -2.19. The van der Waals surface area contributed by atoms with Crippen LogP contribution < -0.4 is 10.2 Å². The zero-order chi connectivity index (χ0) is 14.4. The van der Waals surface area contributed by atoms with Gasteiger partial charge in [-0.3, -0.25) is 4.79 Å². The van der Waals surface area contributed by atoms with Gasteiger partial charge in [0.1, 0.15) is 0 Å². The summed E-state index contributed by atoms with van der Waals surface area (Å²) in [6, 6.07) is 17.5. The molecule has 0 heterocycles. The van der Waals surface area contributed by atoms with E-state index in [4.69, 9.17) is 0 Å². The van der Waals surface area contributed by atoms with Crippen molar-refractivity contribution in [2.24, 2.45) is 0 Å². The van der Waals surface area contributed by atoms with Crippen LogP contribution in [-0.2, 0) is 6.42 Å². The van der Waals surface area contributed by atoms with E-state index >= 15 is 0 Å². The monoisotopic (exact) mass is 268 g/mol. The van der Waals surface area contributed by atoms with Gasteiger partial charge in [0.05, 0.1) is 0 Å². The van der Waals surface area contributed by atoms with Crippen molar-refractivity contribution in [3.63, 3.8) is 0 Å². The maximum absolute atomic E-state index is 12.6. The molecule has 0 fully saturated rings. The Kier molecular flexibility index (Phi) is 4.91. The van der Waals surface area contributed by atoms with E-state index in [2.05, 4.69) is 5.32 Å². The summed E-state index contributed by atoms with van der Waals surface area (Å²) < 4.78 is 0. The van der Waals surface area contributed by atoms with Crippen LogP contribution in [-0.4, -0.2) is 26.5 Å². The summed E-state index contributed by atoms with van der Waals surface area (Å²) in [5, 5.41) is 3.12. The Bertz CT molecular complexity index is 566. The number of amides is 1. The summed E-state index contributed by atoms with van der Waals surface area (Å²) in [5.74, 6) is 0.0305. The molecule has 1 N–H and O–H groups in total. The molecule has 0 saturated carbocycles. The number of benzene rings is 2. The highest BCUT2D eigenvalue weighted by molar-refractivity contribution is 6.06. The van der Waals surface area contributed by atoms with E-state index < -0.39 is 0 Å². The molecule has 2 rings (SSSR count). The van der Waals surface area contributed by atoms with Gasteiger partial charge in [0.15, 0.2) is 0 Å². The maximum Gasteiger partial charge on any atom is 0.258 e. The van der Waals surface area contributed by atoms with Crippen LogP contribution in [0.4, 0.5) is 5.69 Å². The number of para-hydroxylation sites is 1. The summed E-state index contributed by atoms with van der Waals surface area (Å²) in [7, 11) is 3.73. The fraction of sp³-hybridized carbons (Fsp3) is 0.235. The van der Waals surface area contributed by atoms with E-state index in [1.54, 1.807) is 4.90 Å². The summed E-state index contributed by atoms with van der Waals surface area (Å²) in [6.45, 7) is 0.860. The first-order valence-electron chi connectivity index (χ1n) is 6.79. The number of carbonyl (C=O) groups is 1. The number of anilines is 1. The number of nitrogens with one attached hydrogen (secondary N) is 1. The smallest absolute Gasteiger partial charge is 0.258 e. The van der Waals surface area contributed by atoms with Gasteiger partial charge in [-0.2, -0.15) is 0 Å². The molecule has 0 aromatic heterocycles. The highest BCUT2D eigenvalue weighted by Crippen LogP contribution is 2.17. The number of hydrogen-bond acceptors (Lipinski definition) is 2. The van der Waals surface area contributed by atoms with Gasteiger partial charge in [-0.1, -0.05) is 36.4 Å². The molecular weight excluding hydrogens is 248 g/mol. The van der Waals surface area contributed by atoms with Crippen molar-refractivity contribution in [2.45, 2.75) is 6.42 Å². The SMILES string of the molecule is CNCCc1ccccc1C(=O)N(C)c1ccccc1. The van der Waals surface area contributed by atoms with Gasteiger partial charge >= 0.3 is 0 Å². The lowest BCUT2D eigenvalue weighted by atomic mass is 10.0. The molecule has 0 spiro atoms.